The lowest BCUT2D eigenvalue weighted by Crippen LogP contribution is -2.18. The fraction of sp³-hybridized carbons (Fsp3) is 0.619. The van der Waals surface area contributed by atoms with E-state index in [1.807, 2.05) is 27.7 Å². The fourth-order valence-electron chi connectivity index (χ4n) is 2.39. The van der Waals surface area contributed by atoms with Crippen molar-refractivity contribution >= 4 is 11.9 Å². The molecule has 0 bridgehead atoms. The number of aliphatic hydroxyl groups excluding tert-OH is 1. The number of benzene rings is 1. The van der Waals surface area contributed by atoms with Gasteiger partial charge in [0.1, 0.15) is 0 Å². The molecule has 6 heteroatoms. The molecule has 6 nitrogen and oxygen atoms in total. The van der Waals surface area contributed by atoms with E-state index in [0.29, 0.717) is 18.5 Å². The number of aliphatic hydroxyl groups is 1. The van der Waals surface area contributed by atoms with Crippen LogP contribution in [0.15, 0.2) is 18.2 Å². The molecule has 0 heterocycles. The first-order valence-electron chi connectivity index (χ1n) is 9.68. The molecule has 27 heavy (non-hydrogen) atoms. The molecule has 0 aliphatic heterocycles. The summed E-state index contributed by atoms with van der Waals surface area (Å²) >= 11 is 0. The van der Waals surface area contributed by atoms with E-state index in [9.17, 15) is 14.7 Å². The molecule has 1 aromatic rings. The summed E-state index contributed by atoms with van der Waals surface area (Å²) in [6, 6.07) is 4.79. The third kappa shape index (κ3) is 8.10. The van der Waals surface area contributed by atoms with E-state index in [-0.39, 0.29) is 41.7 Å². The van der Waals surface area contributed by atoms with Gasteiger partial charge < -0.3 is 19.9 Å². The van der Waals surface area contributed by atoms with Crippen molar-refractivity contribution in [2.24, 2.45) is 11.8 Å². The number of hydrogen-bond donors (Lipinski definition) is 2. The Kier molecular flexibility index (Phi) is 10.0. The molecule has 0 saturated heterocycles. The molecule has 0 aromatic heterocycles. The van der Waals surface area contributed by atoms with Crippen molar-refractivity contribution in [3.63, 3.8) is 0 Å². The highest BCUT2D eigenvalue weighted by Gasteiger charge is 2.19. The van der Waals surface area contributed by atoms with E-state index in [1.54, 1.807) is 25.2 Å². The molecular weight excluding hydrogens is 346 g/mol. The molecule has 0 aliphatic carbocycles. The monoisotopic (exact) mass is 379 g/mol. The van der Waals surface area contributed by atoms with Crippen LogP contribution in [-0.2, 0) is 9.59 Å². The van der Waals surface area contributed by atoms with Gasteiger partial charge in [0.05, 0.1) is 6.10 Å². The van der Waals surface area contributed by atoms with Crippen LogP contribution >= 0.6 is 0 Å². The van der Waals surface area contributed by atoms with Gasteiger partial charge in [-0.25, -0.2) is 0 Å². The van der Waals surface area contributed by atoms with Crippen molar-refractivity contribution < 1.29 is 24.2 Å². The Labute approximate surface area is 162 Å². The average molecular weight is 379 g/mol. The summed E-state index contributed by atoms with van der Waals surface area (Å²) in [6.45, 7) is 8.33. The molecule has 0 saturated carbocycles. The zero-order valence-corrected chi connectivity index (χ0v) is 17.1. The number of likely N-dealkylation sites (N-methyl/N-ethyl adjacent to an activating group) is 1. The molecule has 0 spiro atoms. The minimum atomic E-state index is -0.758. The Morgan fingerprint density at radius 1 is 1.00 bits per heavy atom. The highest BCUT2D eigenvalue weighted by Crippen LogP contribution is 2.32. The van der Waals surface area contributed by atoms with Crippen LogP contribution in [0, 0.1) is 11.8 Å². The zero-order chi connectivity index (χ0) is 20.4. The van der Waals surface area contributed by atoms with Crippen molar-refractivity contribution in [3.8, 4) is 11.5 Å². The predicted octanol–water partition coefficient (Wildman–Crippen LogP) is 3.62. The van der Waals surface area contributed by atoms with E-state index in [1.165, 1.54) is 0 Å². The van der Waals surface area contributed by atoms with E-state index < -0.39 is 6.10 Å². The third-order valence-corrected chi connectivity index (χ3v) is 4.62. The average Bonchev–Trinajstić information content (AvgIpc) is 2.62. The molecule has 152 valence electrons. The zero-order valence-electron chi connectivity index (χ0n) is 17.1. The second kappa shape index (κ2) is 11.7. The van der Waals surface area contributed by atoms with Gasteiger partial charge in [0.2, 0.25) is 0 Å². The summed E-state index contributed by atoms with van der Waals surface area (Å²) in [7, 11) is 1.74. The first kappa shape index (κ1) is 23.1. The van der Waals surface area contributed by atoms with Crippen molar-refractivity contribution in [1.29, 1.82) is 0 Å². The standard InChI is InChI=1S/C21H33NO5/c1-6-14(3)10-20(24)26-18-9-8-16(17(23)13-22-5)12-19(18)27-21(25)11-15(4)7-2/h8-9,12,14-15,17,22-23H,6-7,10-11,13H2,1-5H3. The van der Waals surface area contributed by atoms with Gasteiger partial charge in [-0.2, -0.15) is 0 Å². The lowest BCUT2D eigenvalue weighted by atomic mass is 10.1. The molecule has 0 amide bonds. The Hall–Kier alpha value is -1.92. The van der Waals surface area contributed by atoms with Crippen LogP contribution in [-0.4, -0.2) is 30.6 Å². The topological polar surface area (TPSA) is 84.9 Å². The van der Waals surface area contributed by atoms with Gasteiger partial charge in [-0.05, 0) is 36.6 Å². The number of carbonyl (C=O) groups excluding carboxylic acids is 2. The maximum absolute atomic E-state index is 12.2. The SMILES string of the molecule is CCC(C)CC(=O)Oc1ccc(C(O)CNC)cc1OC(=O)CC(C)CC. The first-order valence-corrected chi connectivity index (χ1v) is 9.68. The van der Waals surface area contributed by atoms with Crippen LogP contribution in [0.1, 0.15) is 65.0 Å². The number of rotatable bonds is 11. The largest absolute Gasteiger partial charge is 0.423 e. The van der Waals surface area contributed by atoms with Crippen LogP contribution in [0.3, 0.4) is 0 Å². The number of carbonyl (C=O) groups is 2. The predicted molar refractivity (Wildman–Crippen MR) is 105 cm³/mol. The quantitative estimate of drug-likeness (QED) is 0.451. The normalized spacial score (nSPS) is 14.3. The lowest BCUT2D eigenvalue weighted by Gasteiger charge is -2.16. The van der Waals surface area contributed by atoms with Gasteiger partial charge in [0, 0.05) is 19.4 Å². The van der Waals surface area contributed by atoms with Gasteiger partial charge in [-0.15, -0.1) is 0 Å². The van der Waals surface area contributed by atoms with Crippen LogP contribution in [0.4, 0.5) is 0 Å². The number of nitrogens with one attached hydrogen (secondary N) is 1. The van der Waals surface area contributed by atoms with Crippen molar-refractivity contribution in [3.05, 3.63) is 23.8 Å². The molecular formula is C21H33NO5. The Morgan fingerprint density at radius 2 is 1.52 bits per heavy atom. The molecule has 0 aliphatic rings. The Balaban J connectivity index is 3.02. The number of hydrogen-bond acceptors (Lipinski definition) is 6. The highest BCUT2D eigenvalue weighted by atomic mass is 16.6. The van der Waals surface area contributed by atoms with Crippen molar-refractivity contribution in [2.45, 2.75) is 59.5 Å². The molecule has 0 fully saturated rings. The van der Waals surface area contributed by atoms with E-state index >= 15 is 0 Å². The molecule has 3 unspecified atom stereocenters. The lowest BCUT2D eigenvalue weighted by molar-refractivity contribution is -0.138. The van der Waals surface area contributed by atoms with Gasteiger partial charge in [0.25, 0.3) is 0 Å². The van der Waals surface area contributed by atoms with E-state index in [0.717, 1.165) is 12.8 Å². The summed E-state index contributed by atoms with van der Waals surface area (Å²) in [4.78, 5) is 24.4. The maximum atomic E-state index is 12.2. The summed E-state index contributed by atoms with van der Waals surface area (Å²) in [5, 5.41) is 13.1. The highest BCUT2D eigenvalue weighted by molar-refractivity contribution is 5.76. The number of esters is 2. The van der Waals surface area contributed by atoms with Crippen LogP contribution < -0.4 is 14.8 Å². The maximum Gasteiger partial charge on any atom is 0.311 e. The molecule has 1 aromatic carbocycles. The molecule has 0 radical (unpaired) electrons. The smallest absolute Gasteiger partial charge is 0.311 e. The second-order valence-electron chi connectivity index (χ2n) is 7.16. The third-order valence-electron chi connectivity index (χ3n) is 4.62. The van der Waals surface area contributed by atoms with Gasteiger partial charge in [-0.3, -0.25) is 9.59 Å². The first-order chi connectivity index (χ1) is 12.8. The summed E-state index contributed by atoms with van der Waals surface area (Å²) < 4.78 is 10.9. The second-order valence-corrected chi connectivity index (χ2v) is 7.16. The summed E-state index contributed by atoms with van der Waals surface area (Å²) in [6.07, 6.45) is 1.56. The van der Waals surface area contributed by atoms with Crippen LogP contribution in [0.5, 0.6) is 11.5 Å². The van der Waals surface area contributed by atoms with Crippen LogP contribution in [0.2, 0.25) is 0 Å². The van der Waals surface area contributed by atoms with Gasteiger partial charge in [-0.1, -0.05) is 46.6 Å². The molecule has 2 N–H and O–H groups in total. The van der Waals surface area contributed by atoms with Crippen molar-refractivity contribution in [1.82, 2.24) is 5.32 Å². The summed E-state index contributed by atoms with van der Waals surface area (Å²) in [5.74, 6) is 0.0168. The van der Waals surface area contributed by atoms with E-state index in [4.69, 9.17) is 9.47 Å². The minimum Gasteiger partial charge on any atom is -0.423 e. The van der Waals surface area contributed by atoms with Crippen molar-refractivity contribution in [2.75, 3.05) is 13.6 Å². The minimum absolute atomic E-state index is 0.161. The summed E-state index contributed by atoms with van der Waals surface area (Å²) in [5.41, 5.74) is 0.581. The Morgan fingerprint density at radius 3 is 2.00 bits per heavy atom. The molecule has 1 rings (SSSR count). The Bertz CT molecular complexity index is 617. The van der Waals surface area contributed by atoms with E-state index in [2.05, 4.69) is 5.32 Å². The van der Waals surface area contributed by atoms with Gasteiger partial charge in [0.15, 0.2) is 11.5 Å². The van der Waals surface area contributed by atoms with Crippen LogP contribution in [0.25, 0.3) is 0 Å². The number of ether oxygens (including phenoxy) is 2. The van der Waals surface area contributed by atoms with Gasteiger partial charge >= 0.3 is 11.9 Å². The molecule has 3 atom stereocenters. The fourth-order valence-corrected chi connectivity index (χ4v) is 2.39.